The van der Waals surface area contributed by atoms with Crippen LogP contribution in [0, 0.1) is 0 Å². The molecule has 34 heavy (non-hydrogen) atoms. The number of rotatable bonds is 6. The molecule has 5 rings (SSSR count). The summed E-state index contributed by atoms with van der Waals surface area (Å²) in [5, 5.41) is 4.23. The van der Waals surface area contributed by atoms with Gasteiger partial charge in [0.15, 0.2) is 5.82 Å². The fraction of sp³-hybridized carbons (Fsp3) is 0.480. The number of carbonyl (C=O) groups is 1. The lowest BCUT2D eigenvalue weighted by molar-refractivity contribution is 0.178. The summed E-state index contributed by atoms with van der Waals surface area (Å²) in [6.07, 6.45) is 4.69. The van der Waals surface area contributed by atoms with E-state index in [-0.39, 0.29) is 6.03 Å². The molecule has 3 aromatic rings. The van der Waals surface area contributed by atoms with E-state index < -0.39 is 0 Å². The number of thiophene rings is 1. The number of piperazine rings is 1. The zero-order valence-electron chi connectivity index (χ0n) is 19.8. The molecule has 180 valence electrons. The maximum Gasteiger partial charge on any atom is 0.322 e. The highest BCUT2D eigenvalue weighted by Crippen LogP contribution is 2.40. The molecular formula is C25H31N5O3S. The smallest absolute Gasteiger partial charge is 0.322 e. The number of carbonyl (C=O) groups excluding carboxylic acids is 1. The van der Waals surface area contributed by atoms with Crippen molar-refractivity contribution in [3.05, 3.63) is 40.5 Å². The molecule has 0 radical (unpaired) electrons. The normalized spacial score (nSPS) is 15.9. The summed E-state index contributed by atoms with van der Waals surface area (Å²) in [6.45, 7) is 5.58. The largest absolute Gasteiger partial charge is 0.492 e. The van der Waals surface area contributed by atoms with Crippen molar-refractivity contribution in [3.8, 4) is 5.75 Å². The van der Waals surface area contributed by atoms with Crippen molar-refractivity contribution in [2.24, 2.45) is 0 Å². The summed E-state index contributed by atoms with van der Waals surface area (Å²) in [4.78, 5) is 29.4. The molecule has 1 aliphatic carbocycles. The molecule has 3 heterocycles. The van der Waals surface area contributed by atoms with Gasteiger partial charge in [-0.2, -0.15) is 0 Å². The number of aromatic nitrogens is 2. The number of anilines is 2. The molecule has 1 aliphatic heterocycles. The first kappa shape index (κ1) is 22.9. The number of para-hydroxylation sites is 2. The summed E-state index contributed by atoms with van der Waals surface area (Å²) >= 11 is 1.81. The van der Waals surface area contributed by atoms with E-state index >= 15 is 0 Å². The number of nitrogens with one attached hydrogen (secondary N) is 1. The van der Waals surface area contributed by atoms with Crippen LogP contribution < -0.4 is 15.0 Å². The Kier molecular flexibility index (Phi) is 6.82. The van der Waals surface area contributed by atoms with E-state index in [1.807, 2.05) is 47.4 Å². The molecule has 0 bridgehead atoms. The molecule has 1 saturated heterocycles. The van der Waals surface area contributed by atoms with Gasteiger partial charge in [-0.3, -0.25) is 0 Å². The van der Waals surface area contributed by atoms with Crippen molar-refractivity contribution in [2.75, 3.05) is 50.1 Å². The quantitative estimate of drug-likeness (QED) is 0.560. The second-order valence-corrected chi connectivity index (χ2v) is 9.70. The Hall–Kier alpha value is -2.91. The van der Waals surface area contributed by atoms with Crippen LogP contribution in [0.4, 0.5) is 16.3 Å². The van der Waals surface area contributed by atoms with Crippen molar-refractivity contribution in [3.63, 3.8) is 0 Å². The van der Waals surface area contributed by atoms with Gasteiger partial charge in [-0.05, 0) is 50.3 Å². The minimum atomic E-state index is -0.104. The summed E-state index contributed by atoms with van der Waals surface area (Å²) in [5.41, 5.74) is 2.13. The third-order valence-corrected chi connectivity index (χ3v) is 7.60. The number of amides is 2. The Morgan fingerprint density at radius 2 is 1.91 bits per heavy atom. The van der Waals surface area contributed by atoms with Gasteiger partial charge in [0.2, 0.25) is 0 Å². The fourth-order valence-corrected chi connectivity index (χ4v) is 6.05. The summed E-state index contributed by atoms with van der Waals surface area (Å²) in [7, 11) is 1.67. The predicted molar refractivity (Wildman–Crippen MR) is 135 cm³/mol. The molecular weight excluding hydrogens is 450 g/mol. The van der Waals surface area contributed by atoms with Crippen molar-refractivity contribution in [2.45, 2.75) is 39.2 Å². The maximum atomic E-state index is 13.0. The molecule has 9 heteroatoms. The number of nitrogens with zero attached hydrogens (tertiary/aromatic N) is 4. The highest BCUT2D eigenvalue weighted by atomic mass is 32.1. The number of ether oxygens (including phenoxy) is 2. The second kappa shape index (κ2) is 10.1. The van der Waals surface area contributed by atoms with Crippen molar-refractivity contribution < 1.29 is 14.3 Å². The lowest BCUT2D eigenvalue weighted by Crippen LogP contribution is -2.50. The van der Waals surface area contributed by atoms with E-state index in [1.165, 1.54) is 28.7 Å². The fourth-order valence-electron chi connectivity index (χ4n) is 4.77. The lowest BCUT2D eigenvalue weighted by atomic mass is 9.97. The molecule has 2 amide bonds. The molecule has 0 unspecified atom stereocenters. The van der Waals surface area contributed by atoms with E-state index in [4.69, 9.17) is 19.4 Å². The van der Waals surface area contributed by atoms with Crippen molar-refractivity contribution in [1.29, 1.82) is 0 Å². The molecule has 0 saturated carbocycles. The van der Waals surface area contributed by atoms with Crippen LogP contribution in [0.15, 0.2) is 24.3 Å². The van der Waals surface area contributed by atoms with Crippen molar-refractivity contribution in [1.82, 2.24) is 14.9 Å². The van der Waals surface area contributed by atoms with Crippen LogP contribution in [0.2, 0.25) is 0 Å². The van der Waals surface area contributed by atoms with Crippen LogP contribution in [-0.4, -0.2) is 60.8 Å². The zero-order chi connectivity index (χ0) is 23.5. The van der Waals surface area contributed by atoms with Gasteiger partial charge in [0.05, 0.1) is 17.7 Å². The first-order valence-electron chi connectivity index (χ1n) is 12.0. The Morgan fingerprint density at radius 3 is 2.71 bits per heavy atom. The molecule has 2 aliphatic rings. The second-order valence-electron chi connectivity index (χ2n) is 8.62. The van der Waals surface area contributed by atoms with Crippen molar-refractivity contribution >= 4 is 39.1 Å². The number of hydrogen-bond donors (Lipinski definition) is 1. The molecule has 1 N–H and O–H groups in total. The van der Waals surface area contributed by atoms with Gasteiger partial charge in [0.1, 0.15) is 23.0 Å². The molecule has 1 aromatic carbocycles. The Bertz CT molecular complexity index is 1170. The van der Waals surface area contributed by atoms with E-state index in [9.17, 15) is 4.79 Å². The minimum Gasteiger partial charge on any atom is -0.492 e. The average Bonchev–Trinajstić information content (AvgIpc) is 3.24. The van der Waals surface area contributed by atoms with Gasteiger partial charge in [0.25, 0.3) is 0 Å². The predicted octanol–water partition coefficient (Wildman–Crippen LogP) is 4.47. The average molecular weight is 482 g/mol. The molecule has 0 atom stereocenters. The standard InChI is InChI=1S/C25H31N5O3S/c1-3-33-19-10-6-5-9-18(19)26-25(31)30-14-12-29(13-15-30)23-22-17-8-4-7-11-20(17)34-24(22)28-21(27-23)16-32-2/h5-6,9-10H,3-4,7-8,11-16H2,1-2H3,(H,26,31). The third kappa shape index (κ3) is 4.54. The number of urea groups is 1. The van der Waals surface area contributed by atoms with Crippen LogP contribution >= 0.6 is 11.3 Å². The molecule has 8 nitrogen and oxygen atoms in total. The summed E-state index contributed by atoms with van der Waals surface area (Å²) in [5.74, 6) is 2.41. The summed E-state index contributed by atoms with van der Waals surface area (Å²) in [6, 6.07) is 7.44. The highest BCUT2D eigenvalue weighted by Gasteiger charge is 2.27. The van der Waals surface area contributed by atoms with Gasteiger partial charge in [-0.1, -0.05) is 12.1 Å². The number of aryl methyl sites for hydroxylation is 2. The van der Waals surface area contributed by atoms with E-state index in [1.54, 1.807) is 7.11 Å². The minimum absolute atomic E-state index is 0.104. The van der Waals surface area contributed by atoms with E-state index in [2.05, 4.69) is 10.2 Å². The van der Waals surface area contributed by atoms with Gasteiger partial charge >= 0.3 is 6.03 Å². The summed E-state index contributed by atoms with van der Waals surface area (Å²) < 4.78 is 11.0. The van der Waals surface area contributed by atoms with Gasteiger partial charge in [-0.15, -0.1) is 11.3 Å². The van der Waals surface area contributed by atoms with Crippen LogP contribution in [-0.2, 0) is 24.2 Å². The van der Waals surface area contributed by atoms with Crippen LogP contribution in [0.5, 0.6) is 5.75 Å². The molecule has 1 fully saturated rings. The first-order valence-corrected chi connectivity index (χ1v) is 12.8. The Morgan fingerprint density at radius 1 is 1.12 bits per heavy atom. The Balaban J connectivity index is 1.34. The monoisotopic (exact) mass is 481 g/mol. The number of hydrogen-bond acceptors (Lipinski definition) is 7. The van der Waals surface area contributed by atoms with Gasteiger partial charge in [-0.25, -0.2) is 14.8 Å². The van der Waals surface area contributed by atoms with Crippen LogP contribution in [0.3, 0.4) is 0 Å². The van der Waals surface area contributed by atoms with Gasteiger partial charge < -0.3 is 24.6 Å². The number of methoxy groups -OCH3 is 1. The third-order valence-electron chi connectivity index (χ3n) is 6.41. The Labute approximate surface area is 203 Å². The zero-order valence-corrected chi connectivity index (χ0v) is 20.6. The van der Waals surface area contributed by atoms with Gasteiger partial charge in [0, 0.05) is 38.2 Å². The molecule has 2 aromatic heterocycles. The van der Waals surface area contributed by atoms with E-state index in [0.29, 0.717) is 37.7 Å². The van der Waals surface area contributed by atoms with Crippen LogP contribution in [0.1, 0.15) is 36.0 Å². The number of benzene rings is 1. The SMILES string of the molecule is CCOc1ccccc1NC(=O)N1CCN(c2nc(COC)nc3sc4c(c23)CCCC4)CC1. The lowest BCUT2D eigenvalue weighted by Gasteiger charge is -2.36. The topological polar surface area (TPSA) is 79.8 Å². The maximum absolute atomic E-state index is 13.0. The molecule has 0 spiro atoms. The highest BCUT2D eigenvalue weighted by molar-refractivity contribution is 7.19. The van der Waals surface area contributed by atoms with Crippen LogP contribution in [0.25, 0.3) is 10.2 Å². The van der Waals surface area contributed by atoms with E-state index in [0.717, 1.165) is 42.4 Å². The number of fused-ring (bicyclic) bond motifs is 3. The first-order chi connectivity index (χ1) is 16.7.